The molecule has 13 heteroatoms. The zero-order chi connectivity index (χ0) is 28.7. The standard InChI is InChI=1S/C27H30O13/c1-11-21(31)25(40-26-23(33)22(32)17(30)10-36-26)24(34)27(37-11)38-13-5-3-12(4-6-13)18-9-16(29)20-15(28)7-14(35-2)8-19(20)39-18/h3-9,11,17,21-28,30-34H,10H2,1-2H3. The molecule has 9 atom stereocenters. The minimum absolute atomic E-state index is 0.0258. The van der Waals surface area contributed by atoms with E-state index in [1.54, 1.807) is 24.3 Å². The van der Waals surface area contributed by atoms with Gasteiger partial charge in [-0.2, -0.15) is 0 Å². The summed E-state index contributed by atoms with van der Waals surface area (Å²) in [6, 6.07) is 10.4. The summed E-state index contributed by atoms with van der Waals surface area (Å²) < 4.78 is 33.2. The third-order valence-corrected chi connectivity index (χ3v) is 6.94. The van der Waals surface area contributed by atoms with Crippen LogP contribution >= 0.6 is 0 Å². The van der Waals surface area contributed by atoms with Gasteiger partial charge in [0, 0.05) is 23.8 Å². The van der Waals surface area contributed by atoms with Crippen molar-refractivity contribution >= 4 is 11.0 Å². The van der Waals surface area contributed by atoms with Gasteiger partial charge in [-0.15, -0.1) is 0 Å². The Labute approximate surface area is 227 Å². The Morgan fingerprint density at radius 2 is 1.60 bits per heavy atom. The minimum Gasteiger partial charge on any atom is -0.507 e. The van der Waals surface area contributed by atoms with E-state index in [9.17, 15) is 35.4 Å². The van der Waals surface area contributed by atoms with Crippen LogP contribution in [-0.2, 0) is 14.2 Å². The van der Waals surface area contributed by atoms with Gasteiger partial charge in [0.15, 0.2) is 11.7 Å². The maximum atomic E-state index is 12.6. The van der Waals surface area contributed by atoms with Crippen LogP contribution in [0.3, 0.4) is 0 Å². The number of hydrogen-bond acceptors (Lipinski definition) is 13. The molecule has 2 aliphatic rings. The summed E-state index contributed by atoms with van der Waals surface area (Å²) in [4.78, 5) is 12.6. The summed E-state index contributed by atoms with van der Waals surface area (Å²) in [5, 5.41) is 61.4. The van der Waals surface area contributed by atoms with E-state index in [1.165, 1.54) is 32.2 Å². The maximum absolute atomic E-state index is 12.6. The third-order valence-electron chi connectivity index (χ3n) is 6.94. The molecule has 5 rings (SSSR count). The van der Waals surface area contributed by atoms with Crippen LogP contribution in [0, 0.1) is 0 Å². The van der Waals surface area contributed by atoms with Gasteiger partial charge in [-0.1, -0.05) is 0 Å². The number of ether oxygens (including phenoxy) is 5. The van der Waals surface area contributed by atoms with Crippen molar-refractivity contribution in [3.05, 3.63) is 52.7 Å². The first-order valence-corrected chi connectivity index (χ1v) is 12.5. The Hall–Kier alpha value is -3.27. The molecule has 2 aliphatic heterocycles. The third kappa shape index (κ3) is 5.38. The normalized spacial score (nSPS) is 32.6. The Kier molecular flexibility index (Phi) is 7.99. The lowest BCUT2D eigenvalue weighted by molar-refractivity contribution is -0.336. The summed E-state index contributed by atoms with van der Waals surface area (Å²) in [5.74, 6) is 0.559. The predicted molar refractivity (Wildman–Crippen MR) is 136 cm³/mol. The lowest BCUT2D eigenvalue weighted by Crippen LogP contribution is -2.62. The highest BCUT2D eigenvalue weighted by atomic mass is 16.7. The van der Waals surface area contributed by atoms with Crippen LogP contribution in [0.15, 0.2) is 51.7 Å². The average Bonchev–Trinajstić information content (AvgIpc) is 2.93. The van der Waals surface area contributed by atoms with Gasteiger partial charge in [0.2, 0.25) is 6.29 Å². The van der Waals surface area contributed by atoms with Crippen LogP contribution in [0.5, 0.6) is 17.2 Å². The van der Waals surface area contributed by atoms with Crippen LogP contribution in [0.1, 0.15) is 6.92 Å². The van der Waals surface area contributed by atoms with E-state index in [4.69, 9.17) is 28.1 Å². The van der Waals surface area contributed by atoms with Crippen LogP contribution in [0.2, 0.25) is 0 Å². The number of aromatic hydroxyl groups is 1. The fraction of sp³-hybridized carbons (Fsp3) is 0.444. The molecule has 0 spiro atoms. The molecule has 6 N–H and O–H groups in total. The van der Waals surface area contributed by atoms with E-state index in [0.717, 1.165) is 0 Å². The zero-order valence-electron chi connectivity index (χ0n) is 21.5. The molecule has 1 aromatic heterocycles. The first-order valence-electron chi connectivity index (χ1n) is 12.5. The number of fused-ring (bicyclic) bond motifs is 1. The summed E-state index contributed by atoms with van der Waals surface area (Å²) in [6.45, 7) is 1.23. The van der Waals surface area contributed by atoms with Gasteiger partial charge in [-0.3, -0.25) is 4.79 Å². The molecule has 0 radical (unpaired) electrons. The second-order valence-electron chi connectivity index (χ2n) is 9.68. The highest BCUT2D eigenvalue weighted by Crippen LogP contribution is 2.33. The number of rotatable bonds is 6. The van der Waals surface area contributed by atoms with Gasteiger partial charge in [0.1, 0.15) is 70.6 Å². The van der Waals surface area contributed by atoms with Crippen LogP contribution in [0.25, 0.3) is 22.3 Å². The van der Waals surface area contributed by atoms with Gasteiger partial charge in [0.25, 0.3) is 0 Å². The van der Waals surface area contributed by atoms with E-state index in [-0.39, 0.29) is 34.8 Å². The molecule has 3 heterocycles. The predicted octanol–water partition coefficient (Wildman–Crippen LogP) is -0.156. The monoisotopic (exact) mass is 562 g/mol. The molecule has 216 valence electrons. The number of methoxy groups -OCH3 is 1. The lowest BCUT2D eigenvalue weighted by Gasteiger charge is -2.44. The smallest absolute Gasteiger partial charge is 0.229 e. The van der Waals surface area contributed by atoms with Crippen LogP contribution in [0.4, 0.5) is 0 Å². The molecule has 0 aliphatic carbocycles. The quantitative estimate of drug-likeness (QED) is 0.232. The molecule has 0 saturated carbocycles. The Morgan fingerprint density at radius 1 is 0.875 bits per heavy atom. The van der Waals surface area contributed by atoms with Gasteiger partial charge in [-0.05, 0) is 31.2 Å². The van der Waals surface area contributed by atoms with Gasteiger partial charge >= 0.3 is 0 Å². The van der Waals surface area contributed by atoms with Gasteiger partial charge in [-0.25, -0.2) is 0 Å². The summed E-state index contributed by atoms with van der Waals surface area (Å²) in [7, 11) is 1.42. The second-order valence-corrected chi connectivity index (χ2v) is 9.68. The molecule has 2 fully saturated rings. The molecule has 2 saturated heterocycles. The van der Waals surface area contributed by atoms with Crippen LogP contribution in [-0.4, -0.2) is 99.7 Å². The van der Waals surface area contributed by atoms with Crippen molar-refractivity contribution in [2.75, 3.05) is 13.7 Å². The molecule has 0 amide bonds. The number of hydrogen-bond donors (Lipinski definition) is 6. The van der Waals surface area contributed by atoms with Crippen LogP contribution < -0.4 is 14.9 Å². The van der Waals surface area contributed by atoms with Gasteiger partial charge < -0.3 is 58.7 Å². The second kappa shape index (κ2) is 11.3. The van der Waals surface area contributed by atoms with Crippen molar-refractivity contribution in [2.45, 2.75) is 62.2 Å². The Bertz CT molecular complexity index is 1390. The molecule has 9 unspecified atom stereocenters. The highest BCUT2D eigenvalue weighted by Gasteiger charge is 2.48. The van der Waals surface area contributed by atoms with Crippen molar-refractivity contribution in [2.24, 2.45) is 0 Å². The van der Waals surface area contributed by atoms with E-state index < -0.39 is 60.7 Å². The Morgan fingerprint density at radius 3 is 2.30 bits per heavy atom. The van der Waals surface area contributed by atoms with Crippen molar-refractivity contribution in [1.29, 1.82) is 0 Å². The largest absolute Gasteiger partial charge is 0.507 e. The summed E-state index contributed by atoms with van der Waals surface area (Å²) in [5.41, 5.74) is 0.224. The Balaban J connectivity index is 1.32. The van der Waals surface area contributed by atoms with Crippen molar-refractivity contribution in [3.8, 4) is 28.6 Å². The average molecular weight is 563 g/mol. The van der Waals surface area contributed by atoms with Crippen molar-refractivity contribution in [1.82, 2.24) is 0 Å². The minimum atomic E-state index is -1.62. The SMILES string of the molecule is COc1cc(O)c2c(=O)cc(-c3ccc(OC4OC(C)C(O)C(OC5OCC(O)C(O)C5O)C4O)cc3)oc2c1. The fourth-order valence-corrected chi connectivity index (χ4v) is 4.64. The number of benzene rings is 2. The van der Waals surface area contributed by atoms with Crippen molar-refractivity contribution < 1.29 is 58.7 Å². The summed E-state index contributed by atoms with van der Waals surface area (Å²) in [6.07, 6.45) is -12.2. The molecule has 2 aromatic carbocycles. The van der Waals surface area contributed by atoms with E-state index in [1.807, 2.05) is 0 Å². The maximum Gasteiger partial charge on any atom is 0.229 e. The lowest BCUT2D eigenvalue weighted by atomic mass is 9.99. The van der Waals surface area contributed by atoms with E-state index >= 15 is 0 Å². The molecular weight excluding hydrogens is 532 g/mol. The zero-order valence-corrected chi connectivity index (χ0v) is 21.5. The first kappa shape index (κ1) is 28.3. The molecule has 3 aromatic rings. The van der Waals surface area contributed by atoms with E-state index in [2.05, 4.69) is 0 Å². The van der Waals surface area contributed by atoms with E-state index in [0.29, 0.717) is 11.3 Å². The highest BCUT2D eigenvalue weighted by molar-refractivity contribution is 5.86. The number of aliphatic hydroxyl groups excluding tert-OH is 5. The number of phenols is 1. The molecule has 13 nitrogen and oxygen atoms in total. The number of aliphatic hydroxyl groups is 5. The fourth-order valence-electron chi connectivity index (χ4n) is 4.64. The van der Waals surface area contributed by atoms with Crippen molar-refractivity contribution in [3.63, 3.8) is 0 Å². The molecule has 0 bridgehead atoms. The van der Waals surface area contributed by atoms with Gasteiger partial charge in [0.05, 0.1) is 19.8 Å². The summed E-state index contributed by atoms with van der Waals surface area (Å²) >= 11 is 0. The molecule has 40 heavy (non-hydrogen) atoms. The topological polar surface area (TPSA) is 198 Å². The number of phenolic OH excluding ortho intramolecular Hbond substituents is 1. The molecular formula is C27H30O13. The first-order chi connectivity index (χ1) is 19.1.